The first-order chi connectivity index (χ1) is 10.1. The van der Waals surface area contributed by atoms with Gasteiger partial charge < -0.3 is 16.2 Å². The van der Waals surface area contributed by atoms with Gasteiger partial charge in [0.05, 0.1) is 11.2 Å². The zero-order valence-corrected chi connectivity index (χ0v) is 10.9. The van der Waals surface area contributed by atoms with Crippen molar-refractivity contribution in [1.29, 1.82) is 0 Å². The third kappa shape index (κ3) is 2.46. The second-order valence-corrected chi connectivity index (χ2v) is 4.44. The van der Waals surface area contributed by atoms with Crippen molar-refractivity contribution in [3.05, 3.63) is 54.4 Å². The molecule has 6 heteroatoms. The highest BCUT2D eigenvalue weighted by Crippen LogP contribution is 2.27. The third-order valence-electron chi connectivity index (χ3n) is 3.04. The van der Waals surface area contributed by atoms with Gasteiger partial charge in [0.25, 0.3) is 0 Å². The molecular formula is C15H12N4O2. The van der Waals surface area contributed by atoms with Crippen LogP contribution in [-0.4, -0.2) is 21.0 Å². The van der Waals surface area contributed by atoms with Gasteiger partial charge in [-0.25, -0.2) is 9.78 Å². The fourth-order valence-corrected chi connectivity index (χ4v) is 2.03. The molecule has 1 aromatic carbocycles. The summed E-state index contributed by atoms with van der Waals surface area (Å²) >= 11 is 0. The van der Waals surface area contributed by atoms with Crippen molar-refractivity contribution in [2.45, 2.75) is 0 Å². The molecule has 0 radical (unpaired) electrons. The zero-order chi connectivity index (χ0) is 14.8. The molecule has 3 rings (SSSR count). The van der Waals surface area contributed by atoms with Crippen LogP contribution in [-0.2, 0) is 0 Å². The number of aromatic nitrogens is 2. The monoisotopic (exact) mass is 280 g/mol. The van der Waals surface area contributed by atoms with Gasteiger partial charge in [0.15, 0.2) is 11.5 Å². The molecule has 0 saturated carbocycles. The van der Waals surface area contributed by atoms with Crippen molar-refractivity contribution in [3.8, 4) is 0 Å². The molecule has 0 fully saturated rings. The van der Waals surface area contributed by atoms with Crippen molar-refractivity contribution in [1.82, 2.24) is 9.97 Å². The Morgan fingerprint density at radius 2 is 2.00 bits per heavy atom. The molecule has 6 nitrogen and oxygen atoms in total. The lowest BCUT2D eigenvalue weighted by atomic mass is 10.2. The van der Waals surface area contributed by atoms with Crippen molar-refractivity contribution in [2.75, 3.05) is 11.1 Å². The summed E-state index contributed by atoms with van der Waals surface area (Å²) in [6, 6.07) is 12.2. The molecule has 0 aliphatic carbocycles. The number of hydrogen-bond donors (Lipinski definition) is 3. The SMILES string of the molecule is Nc1ccc(C(=O)O)nc1Nc1cccc2ncccc12. The van der Waals surface area contributed by atoms with E-state index in [1.165, 1.54) is 12.1 Å². The van der Waals surface area contributed by atoms with E-state index in [2.05, 4.69) is 15.3 Å². The number of nitrogen functional groups attached to an aromatic ring is 1. The van der Waals surface area contributed by atoms with Gasteiger partial charge in [-0.1, -0.05) is 6.07 Å². The molecule has 0 aliphatic heterocycles. The number of nitrogens with one attached hydrogen (secondary N) is 1. The second-order valence-electron chi connectivity index (χ2n) is 4.44. The highest BCUT2D eigenvalue weighted by molar-refractivity contribution is 5.94. The maximum atomic E-state index is 11.0. The molecule has 21 heavy (non-hydrogen) atoms. The zero-order valence-electron chi connectivity index (χ0n) is 10.9. The van der Waals surface area contributed by atoms with Crippen molar-refractivity contribution in [2.24, 2.45) is 0 Å². The van der Waals surface area contributed by atoms with Crippen LogP contribution in [0.2, 0.25) is 0 Å². The number of aromatic carboxylic acids is 1. The molecule has 104 valence electrons. The molecule has 0 bridgehead atoms. The minimum Gasteiger partial charge on any atom is -0.477 e. The van der Waals surface area contributed by atoms with E-state index in [1.54, 1.807) is 6.20 Å². The van der Waals surface area contributed by atoms with Crippen LogP contribution in [0.15, 0.2) is 48.7 Å². The van der Waals surface area contributed by atoms with Crippen LogP contribution in [0, 0.1) is 0 Å². The molecule has 0 saturated heterocycles. The summed E-state index contributed by atoms with van der Waals surface area (Å²) in [4.78, 5) is 19.3. The lowest BCUT2D eigenvalue weighted by molar-refractivity contribution is 0.0690. The summed E-state index contributed by atoms with van der Waals surface area (Å²) in [5.41, 5.74) is 7.75. The summed E-state index contributed by atoms with van der Waals surface area (Å²) in [5.74, 6) is -0.788. The number of hydrogen-bond acceptors (Lipinski definition) is 5. The van der Waals surface area contributed by atoms with E-state index in [1.807, 2.05) is 30.3 Å². The van der Waals surface area contributed by atoms with Crippen LogP contribution in [0.1, 0.15) is 10.5 Å². The van der Waals surface area contributed by atoms with Crippen LogP contribution in [0.25, 0.3) is 10.9 Å². The number of rotatable bonds is 3. The minimum atomic E-state index is -1.10. The minimum absolute atomic E-state index is 0.0648. The summed E-state index contributed by atoms with van der Waals surface area (Å²) in [6.07, 6.45) is 1.71. The number of carboxylic acid groups (broad SMARTS) is 1. The van der Waals surface area contributed by atoms with E-state index >= 15 is 0 Å². The van der Waals surface area contributed by atoms with Gasteiger partial charge in [0, 0.05) is 17.3 Å². The van der Waals surface area contributed by atoms with Crippen molar-refractivity contribution >= 4 is 34.1 Å². The highest BCUT2D eigenvalue weighted by atomic mass is 16.4. The number of fused-ring (bicyclic) bond motifs is 1. The Hall–Kier alpha value is -3.15. The quantitative estimate of drug-likeness (QED) is 0.681. The van der Waals surface area contributed by atoms with Gasteiger partial charge in [-0.3, -0.25) is 4.98 Å². The first-order valence-electron chi connectivity index (χ1n) is 6.26. The third-order valence-corrected chi connectivity index (χ3v) is 3.04. The van der Waals surface area contributed by atoms with Gasteiger partial charge in [-0.2, -0.15) is 0 Å². The largest absolute Gasteiger partial charge is 0.477 e. The van der Waals surface area contributed by atoms with Gasteiger partial charge in [0.2, 0.25) is 0 Å². The fraction of sp³-hybridized carbons (Fsp3) is 0. The smallest absolute Gasteiger partial charge is 0.354 e. The van der Waals surface area contributed by atoms with Crippen LogP contribution >= 0.6 is 0 Å². The molecule has 0 spiro atoms. The van der Waals surface area contributed by atoms with E-state index in [0.717, 1.165) is 16.6 Å². The Balaban J connectivity index is 2.06. The molecule has 3 aromatic rings. The summed E-state index contributed by atoms with van der Waals surface area (Å²) in [5, 5.41) is 13.0. The first-order valence-corrected chi connectivity index (χ1v) is 6.26. The van der Waals surface area contributed by atoms with Crippen molar-refractivity contribution < 1.29 is 9.90 Å². The molecule has 0 amide bonds. The number of nitrogens with zero attached hydrogens (tertiary/aromatic N) is 2. The maximum absolute atomic E-state index is 11.0. The van der Waals surface area contributed by atoms with Gasteiger partial charge in [-0.15, -0.1) is 0 Å². The Kier molecular flexibility index (Phi) is 3.12. The van der Waals surface area contributed by atoms with E-state index < -0.39 is 5.97 Å². The standard InChI is InChI=1S/C15H12N4O2/c16-10-6-7-13(15(20)21)19-14(10)18-12-5-1-4-11-9(12)3-2-8-17-11/h1-8H,16H2,(H,18,19)(H,20,21). The molecular weight excluding hydrogens is 268 g/mol. The van der Waals surface area contributed by atoms with Crippen LogP contribution < -0.4 is 11.1 Å². The molecule has 2 aromatic heterocycles. The van der Waals surface area contributed by atoms with Crippen LogP contribution in [0.5, 0.6) is 0 Å². The number of nitrogens with two attached hydrogens (primary N) is 1. The average Bonchev–Trinajstić information content (AvgIpc) is 2.49. The summed E-state index contributed by atoms with van der Waals surface area (Å²) < 4.78 is 0. The maximum Gasteiger partial charge on any atom is 0.354 e. The topological polar surface area (TPSA) is 101 Å². The van der Waals surface area contributed by atoms with E-state index in [9.17, 15) is 4.79 Å². The Morgan fingerprint density at radius 3 is 2.81 bits per heavy atom. The molecule has 2 heterocycles. The number of anilines is 3. The summed E-state index contributed by atoms with van der Waals surface area (Å²) in [7, 11) is 0. The van der Waals surface area contributed by atoms with Crippen LogP contribution in [0.4, 0.5) is 17.2 Å². The molecule has 0 unspecified atom stereocenters. The predicted octanol–water partition coefficient (Wildman–Crippen LogP) is 2.65. The first kappa shape index (κ1) is 12.9. The van der Waals surface area contributed by atoms with Gasteiger partial charge in [-0.05, 0) is 36.4 Å². The van der Waals surface area contributed by atoms with E-state index in [4.69, 9.17) is 10.8 Å². The lowest BCUT2D eigenvalue weighted by Crippen LogP contribution is -2.06. The summed E-state index contributed by atoms with van der Waals surface area (Å²) in [6.45, 7) is 0. The van der Waals surface area contributed by atoms with E-state index in [0.29, 0.717) is 11.5 Å². The highest BCUT2D eigenvalue weighted by Gasteiger charge is 2.10. The molecule has 0 aliphatic rings. The van der Waals surface area contributed by atoms with Gasteiger partial charge in [0.1, 0.15) is 0 Å². The number of carbonyl (C=O) groups is 1. The molecule has 0 atom stereocenters. The number of pyridine rings is 2. The predicted molar refractivity (Wildman–Crippen MR) is 80.6 cm³/mol. The van der Waals surface area contributed by atoms with Crippen molar-refractivity contribution in [3.63, 3.8) is 0 Å². The van der Waals surface area contributed by atoms with Gasteiger partial charge >= 0.3 is 5.97 Å². The Labute approximate surface area is 120 Å². The average molecular weight is 280 g/mol. The van der Waals surface area contributed by atoms with E-state index in [-0.39, 0.29) is 5.69 Å². The number of carboxylic acids is 1. The molecule has 4 N–H and O–H groups in total. The lowest BCUT2D eigenvalue weighted by Gasteiger charge is -2.11. The number of benzene rings is 1. The Morgan fingerprint density at radius 1 is 1.14 bits per heavy atom. The Bertz CT molecular complexity index is 828. The second kappa shape index (κ2) is 5.09. The fourth-order valence-electron chi connectivity index (χ4n) is 2.03. The normalized spacial score (nSPS) is 10.5. The van der Waals surface area contributed by atoms with Crippen LogP contribution in [0.3, 0.4) is 0 Å².